The molecule has 0 aliphatic carbocycles. The zero-order valence-electron chi connectivity index (χ0n) is 11.8. The van der Waals surface area contributed by atoms with Gasteiger partial charge >= 0.3 is 0 Å². The maximum Gasteiger partial charge on any atom is 0.0491 e. The Kier molecular flexibility index (Phi) is 14.9. The molecule has 0 aromatic rings. The van der Waals surface area contributed by atoms with Crippen molar-refractivity contribution in [3.8, 4) is 0 Å². The van der Waals surface area contributed by atoms with E-state index in [1.807, 2.05) is 0 Å². The zero-order chi connectivity index (χ0) is 12.8. The summed E-state index contributed by atoms with van der Waals surface area (Å²) in [6.07, 6.45) is 12.1. The highest BCUT2D eigenvalue weighted by Gasteiger charge is 1.99. The third kappa shape index (κ3) is 14.4. The number of hydrogen-bond donors (Lipinski definition) is 0. The van der Waals surface area contributed by atoms with Crippen molar-refractivity contribution in [2.45, 2.75) is 71.6 Å². The van der Waals surface area contributed by atoms with E-state index in [1.165, 1.54) is 57.8 Å². The molecule has 2 heteroatoms. The first-order valence-corrected chi connectivity index (χ1v) is 8.57. The van der Waals surface area contributed by atoms with Crippen molar-refractivity contribution >= 4 is 15.9 Å². The molecule has 1 unspecified atom stereocenters. The quantitative estimate of drug-likeness (QED) is 0.319. The van der Waals surface area contributed by atoms with Crippen molar-refractivity contribution < 1.29 is 4.74 Å². The largest absolute Gasteiger partial charge is 0.381 e. The van der Waals surface area contributed by atoms with Crippen LogP contribution in [0.15, 0.2) is 0 Å². The van der Waals surface area contributed by atoms with Crippen LogP contribution in [-0.2, 0) is 4.74 Å². The van der Waals surface area contributed by atoms with Gasteiger partial charge in [-0.3, -0.25) is 0 Å². The van der Waals surface area contributed by atoms with Gasteiger partial charge in [-0.05, 0) is 25.2 Å². The van der Waals surface area contributed by atoms with Crippen molar-refractivity contribution in [2.75, 3.05) is 18.5 Å². The van der Waals surface area contributed by atoms with Gasteiger partial charge in [0.2, 0.25) is 0 Å². The monoisotopic (exact) mass is 306 g/mol. The molecule has 0 aromatic heterocycles. The Morgan fingerprint density at radius 2 is 1.53 bits per heavy atom. The predicted octanol–water partition coefficient (Wildman–Crippen LogP) is 5.56. The average molecular weight is 307 g/mol. The summed E-state index contributed by atoms with van der Waals surface area (Å²) in [4.78, 5) is 0. The van der Waals surface area contributed by atoms with Gasteiger partial charge in [0.05, 0.1) is 0 Å². The van der Waals surface area contributed by atoms with E-state index in [9.17, 15) is 0 Å². The smallest absolute Gasteiger partial charge is 0.0491 e. The molecule has 0 fully saturated rings. The van der Waals surface area contributed by atoms with Crippen molar-refractivity contribution in [1.82, 2.24) is 0 Å². The molecular weight excluding hydrogens is 276 g/mol. The molecule has 0 saturated heterocycles. The van der Waals surface area contributed by atoms with Crippen LogP contribution in [0.1, 0.15) is 71.6 Å². The van der Waals surface area contributed by atoms with Gasteiger partial charge < -0.3 is 4.74 Å². The fourth-order valence-electron chi connectivity index (χ4n) is 2.04. The Labute approximate surface area is 117 Å². The van der Waals surface area contributed by atoms with Gasteiger partial charge in [0.1, 0.15) is 0 Å². The fourth-order valence-corrected chi connectivity index (χ4v) is 2.44. The minimum absolute atomic E-state index is 0.740. The van der Waals surface area contributed by atoms with Crippen LogP contribution < -0.4 is 0 Å². The Balaban J connectivity index is 2.98. The lowest BCUT2D eigenvalue weighted by molar-refractivity contribution is 0.0983. The maximum absolute atomic E-state index is 5.69. The normalized spacial score (nSPS) is 12.9. The summed E-state index contributed by atoms with van der Waals surface area (Å²) in [5.74, 6) is 0.740. The summed E-state index contributed by atoms with van der Waals surface area (Å²) < 4.78 is 5.69. The summed E-state index contributed by atoms with van der Waals surface area (Å²) in [7, 11) is 0. The highest BCUT2D eigenvalue weighted by atomic mass is 79.9. The van der Waals surface area contributed by atoms with E-state index in [4.69, 9.17) is 4.74 Å². The van der Waals surface area contributed by atoms with Gasteiger partial charge in [0, 0.05) is 18.5 Å². The first-order chi connectivity index (χ1) is 8.31. The van der Waals surface area contributed by atoms with Gasteiger partial charge in [-0.2, -0.15) is 0 Å². The average Bonchev–Trinajstić information content (AvgIpc) is 2.32. The number of hydrogen-bond acceptors (Lipinski definition) is 1. The molecule has 104 valence electrons. The molecule has 17 heavy (non-hydrogen) atoms. The molecule has 0 amide bonds. The Morgan fingerprint density at radius 3 is 2.12 bits per heavy atom. The predicted molar refractivity (Wildman–Crippen MR) is 81.0 cm³/mol. The van der Waals surface area contributed by atoms with E-state index < -0.39 is 0 Å². The van der Waals surface area contributed by atoms with Crippen LogP contribution in [0.4, 0.5) is 0 Å². The molecular formula is C15H31BrO. The van der Waals surface area contributed by atoms with Gasteiger partial charge in [-0.15, -0.1) is 0 Å². The van der Waals surface area contributed by atoms with E-state index in [1.54, 1.807) is 0 Å². The van der Waals surface area contributed by atoms with Crippen LogP contribution in [0.2, 0.25) is 0 Å². The van der Waals surface area contributed by atoms with Crippen LogP contribution in [0.25, 0.3) is 0 Å². The molecule has 0 bridgehead atoms. The number of rotatable bonds is 13. The third-order valence-corrected chi connectivity index (χ3v) is 3.67. The maximum atomic E-state index is 5.69. The summed E-state index contributed by atoms with van der Waals surface area (Å²) in [5.41, 5.74) is 0. The van der Waals surface area contributed by atoms with Crippen LogP contribution in [0.3, 0.4) is 0 Å². The topological polar surface area (TPSA) is 9.23 Å². The highest BCUT2D eigenvalue weighted by molar-refractivity contribution is 9.09. The second kappa shape index (κ2) is 14.5. The lowest BCUT2D eigenvalue weighted by Crippen LogP contribution is -2.06. The number of ether oxygens (including phenoxy) is 1. The lowest BCUT2D eigenvalue weighted by atomic mass is 10.1. The molecule has 0 aliphatic heterocycles. The lowest BCUT2D eigenvalue weighted by Gasteiger charge is -2.10. The molecule has 0 rings (SSSR count). The second-order valence-electron chi connectivity index (χ2n) is 5.13. The van der Waals surface area contributed by atoms with E-state index in [0.29, 0.717) is 0 Å². The minimum Gasteiger partial charge on any atom is -0.381 e. The zero-order valence-corrected chi connectivity index (χ0v) is 13.4. The summed E-state index contributed by atoms with van der Waals surface area (Å²) in [6, 6.07) is 0. The Hall–Kier alpha value is 0.440. The second-order valence-corrected chi connectivity index (χ2v) is 5.93. The molecule has 0 heterocycles. The standard InChI is InChI=1S/C15H31BrO/c1-3-11-15(2)14-17-13-10-8-6-4-5-7-9-12-16/h15H,3-14H2,1-2H3. The summed E-state index contributed by atoms with van der Waals surface area (Å²) in [6.45, 7) is 6.45. The van der Waals surface area contributed by atoms with E-state index in [0.717, 1.165) is 24.5 Å². The van der Waals surface area contributed by atoms with Crippen LogP contribution in [0, 0.1) is 5.92 Å². The molecule has 0 aliphatic rings. The minimum atomic E-state index is 0.740. The van der Waals surface area contributed by atoms with Crippen molar-refractivity contribution in [3.05, 3.63) is 0 Å². The third-order valence-electron chi connectivity index (χ3n) is 3.11. The van der Waals surface area contributed by atoms with Gasteiger partial charge in [0.25, 0.3) is 0 Å². The number of alkyl halides is 1. The molecule has 1 nitrogen and oxygen atoms in total. The van der Waals surface area contributed by atoms with Gasteiger partial charge in [-0.1, -0.05) is 68.3 Å². The molecule has 0 N–H and O–H groups in total. The Bertz CT molecular complexity index is 139. The first-order valence-electron chi connectivity index (χ1n) is 7.45. The molecule has 0 saturated carbocycles. The van der Waals surface area contributed by atoms with Crippen molar-refractivity contribution in [2.24, 2.45) is 5.92 Å². The first kappa shape index (κ1) is 17.4. The summed E-state index contributed by atoms with van der Waals surface area (Å²) in [5, 5.41) is 1.16. The summed E-state index contributed by atoms with van der Waals surface area (Å²) >= 11 is 3.47. The molecule has 0 spiro atoms. The van der Waals surface area contributed by atoms with E-state index in [-0.39, 0.29) is 0 Å². The van der Waals surface area contributed by atoms with Crippen LogP contribution in [-0.4, -0.2) is 18.5 Å². The SMILES string of the molecule is CCCC(C)COCCCCCCCCCBr. The Morgan fingerprint density at radius 1 is 0.941 bits per heavy atom. The fraction of sp³-hybridized carbons (Fsp3) is 1.00. The molecule has 0 radical (unpaired) electrons. The van der Waals surface area contributed by atoms with Crippen LogP contribution >= 0.6 is 15.9 Å². The van der Waals surface area contributed by atoms with Gasteiger partial charge in [-0.25, -0.2) is 0 Å². The molecule has 1 atom stereocenters. The number of halogens is 1. The number of unbranched alkanes of at least 4 members (excludes halogenated alkanes) is 6. The molecule has 0 aromatic carbocycles. The van der Waals surface area contributed by atoms with Gasteiger partial charge in [0.15, 0.2) is 0 Å². The van der Waals surface area contributed by atoms with Crippen molar-refractivity contribution in [3.63, 3.8) is 0 Å². The van der Waals surface area contributed by atoms with Crippen molar-refractivity contribution in [1.29, 1.82) is 0 Å². The van der Waals surface area contributed by atoms with E-state index in [2.05, 4.69) is 29.8 Å². The van der Waals surface area contributed by atoms with Crippen LogP contribution in [0.5, 0.6) is 0 Å². The highest BCUT2D eigenvalue weighted by Crippen LogP contribution is 2.09. The van der Waals surface area contributed by atoms with E-state index >= 15 is 0 Å².